The summed E-state index contributed by atoms with van der Waals surface area (Å²) in [4.78, 5) is 7.93. The van der Waals surface area contributed by atoms with Crippen molar-refractivity contribution < 1.29 is 22.7 Å². The lowest BCUT2D eigenvalue weighted by atomic mass is 10.1. The monoisotopic (exact) mass is 418 g/mol. The second-order valence-corrected chi connectivity index (χ2v) is 7.31. The summed E-state index contributed by atoms with van der Waals surface area (Å²) in [6.07, 6.45) is -4.26. The van der Waals surface area contributed by atoms with E-state index < -0.39 is 18.8 Å². The van der Waals surface area contributed by atoms with Crippen molar-refractivity contribution in [3.8, 4) is 0 Å². The fourth-order valence-electron chi connectivity index (χ4n) is 3.49. The van der Waals surface area contributed by atoms with E-state index in [9.17, 15) is 22.7 Å². The summed E-state index contributed by atoms with van der Waals surface area (Å²) >= 11 is 0. The first-order chi connectivity index (χ1) is 13.7. The van der Waals surface area contributed by atoms with Gasteiger partial charge in [0.05, 0.1) is 19.2 Å². The number of aliphatic hydroxyl groups excluding tert-OH is 1. The van der Waals surface area contributed by atoms with Crippen LogP contribution in [-0.4, -0.2) is 72.9 Å². The van der Waals surface area contributed by atoms with Gasteiger partial charge in [0.15, 0.2) is 5.96 Å². The van der Waals surface area contributed by atoms with Crippen LogP contribution in [0.1, 0.15) is 31.9 Å². The van der Waals surface area contributed by atoms with Crippen molar-refractivity contribution in [2.75, 3.05) is 45.8 Å². The zero-order valence-electron chi connectivity index (χ0n) is 16.9. The topological polar surface area (TPSA) is 51.1 Å². The predicted octanol–water partition coefficient (Wildman–Crippen LogP) is 3.03. The van der Waals surface area contributed by atoms with Gasteiger partial charge in [0.2, 0.25) is 0 Å². The highest BCUT2D eigenvalue weighted by Crippen LogP contribution is 2.22. The molecular formula is C20H30F4N4O. The van der Waals surface area contributed by atoms with Crippen LogP contribution in [0.25, 0.3) is 0 Å². The molecule has 1 heterocycles. The van der Waals surface area contributed by atoms with Gasteiger partial charge in [0, 0.05) is 26.2 Å². The van der Waals surface area contributed by atoms with Crippen LogP contribution in [0.3, 0.4) is 0 Å². The fourth-order valence-corrected chi connectivity index (χ4v) is 3.49. The minimum absolute atomic E-state index is 0.115. The molecule has 0 saturated carbocycles. The summed E-state index contributed by atoms with van der Waals surface area (Å²) in [7, 11) is 0. The summed E-state index contributed by atoms with van der Waals surface area (Å²) in [6.45, 7) is 5.60. The number of likely N-dealkylation sites (tertiary alicyclic amines) is 1. The number of rotatable bonds is 8. The third-order valence-corrected chi connectivity index (χ3v) is 4.96. The lowest BCUT2D eigenvalue weighted by Crippen LogP contribution is -2.42. The number of nitrogens with one attached hydrogen (secondary N) is 1. The predicted molar refractivity (Wildman–Crippen MR) is 105 cm³/mol. The van der Waals surface area contributed by atoms with E-state index in [0.29, 0.717) is 44.2 Å². The summed E-state index contributed by atoms with van der Waals surface area (Å²) in [5.74, 6) is 0.394. The molecule has 5 nitrogen and oxygen atoms in total. The quantitative estimate of drug-likeness (QED) is 0.387. The lowest BCUT2D eigenvalue weighted by molar-refractivity contribution is -0.146. The highest BCUT2D eigenvalue weighted by atomic mass is 19.4. The van der Waals surface area contributed by atoms with E-state index in [2.05, 4.69) is 10.3 Å². The SMILES string of the molecule is CCNC(=NCC(O)c1ccc(F)cc1)N1CCC(CN(CC)CC(F)(F)F)C1. The Labute approximate surface area is 169 Å². The van der Waals surface area contributed by atoms with E-state index in [1.165, 1.54) is 29.2 Å². The maximum Gasteiger partial charge on any atom is 0.401 e. The normalized spacial score (nSPS) is 19.1. The molecule has 0 radical (unpaired) electrons. The van der Waals surface area contributed by atoms with Crippen molar-refractivity contribution in [2.24, 2.45) is 10.9 Å². The van der Waals surface area contributed by atoms with Crippen LogP contribution in [0, 0.1) is 11.7 Å². The van der Waals surface area contributed by atoms with E-state index in [0.717, 1.165) is 6.42 Å². The summed E-state index contributed by atoms with van der Waals surface area (Å²) in [5.41, 5.74) is 0.580. The molecule has 2 rings (SSSR count). The molecule has 29 heavy (non-hydrogen) atoms. The average Bonchev–Trinajstić information content (AvgIpc) is 3.12. The molecule has 1 aliphatic heterocycles. The first-order valence-corrected chi connectivity index (χ1v) is 9.97. The summed E-state index contributed by atoms with van der Waals surface area (Å²) in [5, 5.41) is 13.5. The number of hydrogen-bond donors (Lipinski definition) is 2. The fraction of sp³-hybridized carbons (Fsp3) is 0.650. The standard InChI is InChI=1S/C20H30F4N4O/c1-3-25-19(26-11-18(29)16-5-7-17(21)8-6-16)28-10-9-15(13-28)12-27(4-2)14-20(22,23)24/h5-8,15,18,29H,3-4,9-14H2,1-2H3,(H,25,26). The molecule has 2 atom stereocenters. The third-order valence-electron chi connectivity index (χ3n) is 4.96. The zero-order valence-corrected chi connectivity index (χ0v) is 16.9. The van der Waals surface area contributed by atoms with Crippen molar-refractivity contribution >= 4 is 5.96 Å². The van der Waals surface area contributed by atoms with Crippen molar-refractivity contribution in [3.05, 3.63) is 35.6 Å². The number of hydrogen-bond acceptors (Lipinski definition) is 3. The summed E-state index contributed by atoms with van der Waals surface area (Å²) in [6, 6.07) is 5.63. The number of aliphatic hydroxyl groups is 1. The van der Waals surface area contributed by atoms with Crippen LogP contribution in [0.2, 0.25) is 0 Å². The molecule has 0 amide bonds. The van der Waals surface area contributed by atoms with Gasteiger partial charge in [-0.15, -0.1) is 0 Å². The Morgan fingerprint density at radius 3 is 2.59 bits per heavy atom. The van der Waals surface area contributed by atoms with Crippen molar-refractivity contribution in [3.63, 3.8) is 0 Å². The molecule has 0 spiro atoms. The Hall–Kier alpha value is -1.87. The highest BCUT2D eigenvalue weighted by Gasteiger charge is 2.33. The maximum absolute atomic E-state index is 13.0. The number of benzene rings is 1. The van der Waals surface area contributed by atoms with Gasteiger partial charge in [0.1, 0.15) is 5.82 Å². The van der Waals surface area contributed by atoms with Gasteiger partial charge in [-0.2, -0.15) is 13.2 Å². The van der Waals surface area contributed by atoms with Crippen LogP contribution >= 0.6 is 0 Å². The van der Waals surface area contributed by atoms with E-state index in [1.54, 1.807) is 6.92 Å². The van der Waals surface area contributed by atoms with Crippen molar-refractivity contribution in [1.29, 1.82) is 0 Å². The first kappa shape index (κ1) is 23.4. The molecule has 2 N–H and O–H groups in total. The number of guanidine groups is 1. The second-order valence-electron chi connectivity index (χ2n) is 7.31. The molecule has 1 saturated heterocycles. The number of alkyl halides is 3. The molecule has 0 aromatic heterocycles. The Bertz CT molecular complexity index is 651. The smallest absolute Gasteiger partial charge is 0.386 e. The van der Waals surface area contributed by atoms with Crippen LogP contribution in [0.5, 0.6) is 0 Å². The van der Waals surface area contributed by atoms with E-state index in [4.69, 9.17) is 0 Å². The molecule has 9 heteroatoms. The lowest BCUT2D eigenvalue weighted by Gasteiger charge is -2.26. The minimum Gasteiger partial charge on any atom is -0.386 e. The molecule has 2 unspecified atom stereocenters. The van der Waals surface area contributed by atoms with Crippen molar-refractivity contribution in [1.82, 2.24) is 15.1 Å². The van der Waals surface area contributed by atoms with E-state index in [1.807, 2.05) is 11.8 Å². The Balaban J connectivity index is 1.94. The molecule has 0 bridgehead atoms. The van der Waals surface area contributed by atoms with Crippen LogP contribution in [0.15, 0.2) is 29.3 Å². The highest BCUT2D eigenvalue weighted by molar-refractivity contribution is 5.80. The number of nitrogens with zero attached hydrogens (tertiary/aromatic N) is 3. The van der Waals surface area contributed by atoms with Gasteiger partial charge in [-0.25, -0.2) is 4.39 Å². The number of halogens is 4. The van der Waals surface area contributed by atoms with Gasteiger partial charge < -0.3 is 15.3 Å². The molecule has 1 fully saturated rings. The molecular weight excluding hydrogens is 388 g/mol. The van der Waals surface area contributed by atoms with Crippen molar-refractivity contribution in [2.45, 2.75) is 32.5 Å². The maximum atomic E-state index is 13.0. The largest absolute Gasteiger partial charge is 0.401 e. The molecule has 1 aromatic carbocycles. The zero-order chi connectivity index (χ0) is 21.4. The Kier molecular flexibility index (Phi) is 8.70. The Morgan fingerprint density at radius 2 is 2.00 bits per heavy atom. The molecule has 1 aliphatic rings. The summed E-state index contributed by atoms with van der Waals surface area (Å²) < 4.78 is 51.1. The van der Waals surface area contributed by atoms with Crippen LogP contribution in [0.4, 0.5) is 17.6 Å². The molecule has 164 valence electrons. The van der Waals surface area contributed by atoms with Gasteiger partial charge in [-0.05, 0) is 43.5 Å². The number of aliphatic imine (C=N–C) groups is 1. The van der Waals surface area contributed by atoms with Gasteiger partial charge in [-0.3, -0.25) is 9.89 Å². The molecule has 1 aromatic rings. The van der Waals surface area contributed by atoms with Gasteiger partial charge >= 0.3 is 6.18 Å². The minimum atomic E-state index is -4.19. The van der Waals surface area contributed by atoms with E-state index in [-0.39, 0.29) is 18.3 Å². The van der Waals surface area contributed by atoms with Crippen LogP contribution in [-0.2, 0) is 0 Å². The van der Waals surface area contributed by atoms with E-state index >= 15 is 0 Å². The van der Waals surface area contributed by atoms with Gasteiger partial charge in [-0.1, -0.05) is 19.1 Å². The second kappa shape index (κ2) is 10.8. The van der Waals surface area contributed by atoms with Gasteiger partial charge in [0.25, 0.3) is 0 Å². The first-order valence-electron chi connectivity index (χ1n) is 9.97. The third kappa shape index (κ3) is 7.81. The Morgan fingerprint density at radius 1 is 1.31 bits per heavy atom. The van der Waals surface area contributed by atoms with Crippen LogP contribution < -0.4 is 5.32 Å². The molecule has 0 aliphatic carbocycles. The average molecular weight is 418 g/mol.